The SMILES string of the molecule is CNC(=O)c1cc(COc2cnc(Nc3ccc(N4CCC(N(C)C)CC4)cc3)nc2)c(F)c(OC)c1. The second-order valence-electron chi connectivity index (χ2n) is 9.12. The molecule has 196 valence electrons. The number of carbonyl (C=O) groups is 1. The Morgan fingerprint density at radius 2 is 1.81 bits per heavy atom. The second-order valence-corrected chi connectivity index (χ2v) is 9.12. The van der Waals surface area contributed by atoms with Crippen LogP contribution in [-0.2, 0) is 6.61 Å². The van der Waals surface area contributed by atoms with E-state index < -0.39 is 5.82 Å². The van der Waals surface area contributed by atoms with Gasteiger partial charge < -0.3 is 29.9 Å². The number of nitrogens with zero attached hydrogens (tertiary/aromatic N) is 4. The monoisotopic (exact) mass is 508 g/mol. The molecule has 1 aliphatic rings. The molecule has 1 amide bonds. The first-order valence-corrected chi connectivity index (χ1v) is 12.2. The maximum atomic E-state index is 14.6. The van der Waals surface area contributed by atoms with Gasteiger partial charge in [-0.15, -0.1) is 0 Å². The summed E-state index contributed by atoms with van der Waals surface area (Å²) >= 11 is 0. The summed E-state index contributed by atoms with van der Waals surface area (Å²) in [7, 11) is 7.14. The highest BCUT2D eigenvalue weighted by Crippen LogP contribution is 2.26. The highest BCUT2D eigenvalue weighted by Gasteiger charge is 2.20. The molecular formula is C27H33FN6O3. The van der Waals surface area contributed by atoms with Crippen molar-refractivity contribution in [2.24, 2.45) is 0 Å². The summed E-state index contributed by atoms with van der Waals surface area (Å²) in [4.78, 5) is 25.3. The van der Waals surface area contributed by atoms with Gasteiger partial charge in [-0.05, 0) is 63.3 Å². The molecule has 1 aromatic heterocycles. The van der Waals surface area contributed by atoms with Gasteiger partial charge in [0.05, 0.1) is 19.5 Å². The molecule has 0 spiro atoms. The molecule has 10 heteroatoms. The topological polar surface area (TPSA) is 91.8 Å². The largest absolute Gasteiger partial charge is 0.494 e. The fraction of sp³-hybridized carbons (Fsp3) is 0.370. The molecule has 1 aliphatic heterocycles. The number of hydrogen-bond acceptors (Lipinski definition) is 8. The summed E-state index contributed by atoms with van der Waals surface area (Å²) in [5.74, 6) is -0.174. The molecule has 0 atom stereocenters. The average Bonchev–Trinajstić information content (AvgIpc) is 2.93. The van der Waals surface area contributed by atoms with Crippen LogP contribution in [0.1, 0.15) is 28.8 Å². The molecular weight excluding hydrogens is 475 g/mol. The van der Waals surface area contributed by atoms with Crippen LogP contribution in [-0.4, -0.2) is 68.2 Å². The standard InChI is InChI=1S/C27H33FN6O3/c1-29-26(35)18-13-19(25(28)24(14-18)36-4)17-37-23-15-30-27(31-16-23)32-20-5-7-22(8-6-20)34-11-9-21(10-12-34)33(2)3/h5-8,13-16,21H,9-12,17H2,1-4H3,(H,29,35)(H,30,31,32). The van der Waals surface area contributed by atoms with Crippen molar-refractivity contribution in [1.29, 1.82) is 0 Å². The maximum absolute atomic E-state index is 14.6. The van der Waals surface area contributed by atoms with Crippen molar-refractivity contribution in [2.75, 3.05) is 51.6 Å². The Morgan fingerprint density at radius 3 is 2.41 bits per heavy atom. The molecule has 4 rings (SSSR count). The van der Waals surface area contributed by atoms with Gasteiger partial charge in [0, 0.05) is 48.7 Å². The zero-order chi connectivity index (χ0) is 26.4. The van der Waals surface area contributed by atoms with Crippen molar-refractivity contribution in [1.82, 2.24) is 20.2 Å². The summed E-state index contributed by atoms with van der Waals surface area (Å²) < 4.78 is 25.4. The summed E-state index contributed by atoms with van der Waals surface area (Å²) in [6.45, 7) is 1.98. The third-order valence-electron chi connectivity index (χ3n) is 6.53. The molecule has 2 N–H and O–H groups in total. The van der Waals surface area contributed by atoms with Crippen LogP contribution in [0.3, 0.4) is 0 Å². The summed E-state index contributed by atoms with van der Waals surface area (Å²) in [6.07, 6.45) is 5.34. The van der Waals surface area contributed by atoms with Crippen molar-refractivity contribution < 1.29 is 18.7 Å². The third kappa shape index (κ3) is 6.45. The predicted molar refractivity (Wildman–Crippen MR) is 141 cm³/mol. The minimum atomic E-state index is -0.583. The van der Waals surface area contributed by atoms with Crippen molar-refractivity contribution in [3.63, 3.8) is 0 Å². The highest BCUT2D eigenvalue weighted by atomic mass is 19.1. The molecule has 9 nitrogen and oxygen atoms in total. The fourth-order valence-corrected chi connectivity index (χ4v) is 4.33. The van der Waals surface area contributed by atoms with Crippen LogP contribution in [0.2, 0.25) is 0 Å². The first kappa shape index (κ1) is 26.2. The Bertz CT molecular complexity index is 1200. The Balaban J connectivity index is 1.34. The molecule has 0 unspecified atom stereocenters. The van der Waals surface area contributed by atoms with Gasteiger partial charge in [0.1, 0.15) is 6.61 Å². The smallest absolute Gasteiger partial charge is 0.251 e. The molecule has 0 radical (unpaired) electrons. The van der Waals surface area contributed by atoms with E-state index in [1.807, 2.05) is 12.1 Å². The lowest BCUT2D eigenvalue weighted by Crippen LogP contribution is -2.41. The van der Waals surface area contributed by atoms with E-state index in [0.717, 1.165) is 31.6 Å². The molecule has 0 aliphatic carbocycles. The summed E-state index contributed by atoms with van der Waals surface area (Å²) in [5.41, 5.74) is 2.54. The molecule has 0 bridgehead atoms. The normalized spacial score (nSPS) is 13.9. The Labute approximate surface area is 216 Å². The number of nitrogens with one attached hydrogen (secondary N) is 2. The van der Waals surface area contributed by atoms with Gasteiger partial charge in [0.15, 0.2) is 17.3 Å². The van der Waals surface area contributed by atoms with Gasteiger partial charge in [-0.2, -0.15) is 0 Å². The van der Waals surface area contributed by atoms with Crippen LogP contribution < -0.4 is 25.0 Å². The van der Waals surface area contributed by atoms with Crippen LogP contribution in [0.4, 0.5) is 21.7 Å². The number of anilines is 3. The zero-order valence-corrected chi connectivity index (χ0v) is 21.6. The quantitative estimate of drug-likeness (QED) is 0.451. The molecule has 2 heterocycles. The number of piperidine rings is 1. The minimum Gasteiger partial charge on any atom is -0.494 e. The van der Waals surface area contributed by atoms with Crippen LogP contribution in [0.25, 0.3) is 0 Å². The van der Waals surface area contributed by atoms with E-state index in [4.69, 9.17) is 9.47 Å². The molecule has 0 saturated carbocycles. The predicted octanol–water partition coefficient (Wildman–Crippen LogP) is 3.84. The summed E-state index contributed by atoms with van der Waals surface area (Å²) in [5, 5.41) is 5.70. The number of benzene rings is 2. The van der Waals surface area contributed by atoms with E-state index in [2.05, 4.69) is 56.6 Å². The highest BCUT2D eigenvalue weighted by molar-refractivity contribution is 5.94. The van der Waals surface area contributed by atoms with Crippen LogP contribution in [0, 0.1) is 5.82 Å². The van der Waals surface area contributed by atoms with Crippen molar-refractivity contribution in [2.45, 2.75) is 25.5 Å². The number of ether oxygens (including phenoxy) is 2. The van der Waals surface area contributed by atoms with E-state index in [-0.39, 0.29) is 29.4 Å². The number of methoxy groups -OCH3 is 1. The van der Waals surface area contributed by atoms with Crippen molar-refractivity contribution in [3.05, 3.63) is 65.7 Å². The lowest BCUT2D eigenvalue weighted by atomic mass is 10.0. The number of rotatable bonds is 9. The number of aromatic nitrogens is 2. The van der Waals surface area contributed by atoms with Gasteiger partial charge in [0.25, 0.3) is 5.91 Å². The van der Waals surface area contributed by atoms with Gasteiger partial charge in [-0.25, -0.2) is 14.4 Å². The maximum Gasteiger partial charge on any atom is 0.251 e. The average molecular weight is 509 g/mol. The van der Waals surface area contributed by atoms with Crippen molar-refractivity contribution in [3.8, 4) is 11.5 Å². The van der Waals surface area contributed by atoms with E-state index in [1.54, 1.807) is 0 Å². The lowest BCUT2D eigenvalue weighted by Gasteiger charge is -2.36. The summed E-state index contributed by atoms with van der Waals surface area (Å²) in [6, 6.07) is 11.7. The van der Waals surface area contributed by atoms with Crippen LogP contribution in [0.15, 0.2) is 48.8 Å². The lowest BCUT2D eigenvalue weighted by molar-refractivity contribution is 0.0962. The molecule has 1 fully saturated rings. The molecule has 37 heavy (non-hydrogen) atoms. The van der Waals surface area contributed by atoms with Gasteiger partial charge in [-0.1, -0.05) is 0 Å². The van der Waals surface area contributed by atoms with E-state index in [1.165, 1.54) is 44.4 Å². The fourth-order valence-electron chi connectivity index (χ4n) is 4.33. The van der Waals surface area contributed by atoms with Crippen molar-refractivity contribution >= 4 is 23.2 Å². The minimum absolute atomic E-state index is 0.0282. The Kier molecular flexibility index (Phi) is 8.39. The number of halogens is 1. The van der Waals surface area contributed by atoms with Crippen LogP contribution >= 0.6 is 0 Å². The van der Waals surface area contributed by atoms with Gasteiger partial charge in [0.2, 0.25) is 5.95 Å². The molecule has 1 saturated heterocycles. The second kappa shape index (κ2) is 11.9. The number of amides is 1. The van der Waals surface area contributed by atoms with E-state index in [9.17, 15) is 9.18 Å². The zero-order valence-electron chi connectivity index (χ0n) is 21.6. The molecule has 2 aromatic carbocycles. The van der Waals surface area contributed by atoms with Gasteiger partial charge >= 0.3 is 0 Å². The van der Waals surface area contributed by atoms with E-state index >= 15 is 0 Å². The third-order valence-corrected chi connectivity index (χ3v) is 6.53. The molecule has 3 aromatic rings. The number of carbonyl (C=O) groups excluding carboxylic acids is 1. The number of hydrogen-bond donors (Lipinski definition) is 2. The first-order chi connectivity index (χ1) is 17.9. The Morgan fingerprint density at radius 1 is 1.14 bits per heavy atom. The Hall–Kier alpha value is -3.92. The first-order valence-electron chi connectivity index (χ1n) is 12.2. The van der Waals surface area contributed by atoms with E-state index in [0.29, 0.717) is 17.7 Å². The van der Waals surface area contributed by atoms with Crippen LogP contribution in [0.5, 0.6) is 11.5 Å². The van der Waals surface area contributed by atoms with Gasteiger partial charge in [-0.3, -0.25) is 4.79 Å².